The van der Waals surface area contributed by atoms with Gasteiger partial charge in [-0.3, -0.25) is 9.59 Å². The van der Waals surface area contributed by atoms with Crippen LogP contribution < -0.4 is 0 Å². The monoisotopic (exact) mass is 150 g/mol. The number of aliphatic hydroxyl groups excluding tert-OH is 1. The summed E-state index contributed by atoms with van der Waals surface area (Å²) >= 11 is 3.22. The van der Waals surface area contributed by atoms with Crippen LogP contribution >= 0.6 is 12.6 Å². The first kappa shape index (κ1) is 8.45. The molecule has 0 aliphatic rings. The molecule has 0 aromatic rings. The van der Waals surface area contributed by atoms with Gasteiger partial charge in [0.1, 0.15) is 6.10 Å². The van der Waals surface area contributed by atoms with Crippen molar-refractivity contribution in [2.75, 3.05) is 0 Å². The molecule has 2 N–H and O–H groups in total. The van der Waals surface area contributed by atoms with Crippen LogP contribution in [0, 0.1) is 0 Å². The van der Waals surface area contributed by atoms with E-state index in [9.17, 15) is 9.59 Å². The van der Waals surface area contributed by atoms with Crippen LogP contribution in [0.1, 0.15) is 6.42 Å². The van der Waals surface area contributed by atoms with Crippen LogP contribution in [0.3, 0.4) is 0 Å². The van der Waals surface area contributed by atoms with Crippen LogP contribution in [0.4, 0.5) is 0 Å². The summed E-state index contributed by atoms with van der Waals surface area (Å²) in [5.74, 6) is -1.22. The van der Waals surface area contributed by atoms with Gasteiger partial charge in [-0.2, -0.15) is 0 Å². The highest BCUT2D eigenvalue weighted by Crippen LogP contribution is 1.95. The smallest absolute Gasteiger partial charge is 0.306 e. The Morgan fingerprint density at radius 2 is 2.00 bits per heavy atom. The maximum absolute atomic E-state index is 10.0. The predicted octanol–water partition coefficient (Wildman–Crippen LogP) is -0.722. The minimum absolute atomic E-state index is 0.581. The second-order valence-corrected chi connectivity index (χ2v) is 1.89. The lowest BCUT2D eigenvalue weighted by atomic mass is 10.3. The molecule has 9 heavy (non-hydrogen) atoms. The Bertz CT molecular complexity index is 133. The zero-order valence-corrected chi connectivity index (χ0v) is 5.34. The van der Waals surface area contributed by atoms with Gasteiger partial charge in [-0.15, -0.1) is 12.6 Å². The van der Waals surface area contributed by atoms with Crippen LogP contribution in [-0.4, -0.2) is 27.4 Å². The number of carbonyl (C=O) groups excluding carboxylic acids is 1. The van der Waals surface area contributed by atoms with Crippen molar-refractivity contribution in [2.24, 2.45) is 0 Å². The molecule has 1 atom stereocenters. The zero-order chi connectivity index (χ0) is 7.44. The first-order valence-corrected chi connectivity index (χ1v) is 2.61. The highest BCUT2D eigenvalue weighted by molar-refractivity contribution is 7.96. The van der Waals surface area contributed by atoms with Crippen molar-refractivity contribution in [1.82, 2.24) is 0 Å². The fraction of sp³-hybridized carbons (Fsp3) is 0.500. The summed E-state index contributed by atoms with van der Waals surface area (Å²) in [6.07, 6.45) is -2.06. The summed E-state index contributed by atoms with van der Waals surface area (Å²) in [5, 5.41) is 15.7. The standard InChI is InChI=1S/C4H6O4S/c5-2(4(8)9)1-3(6)7/h2,5H,1H2,(H,6,7)(H,8,9)/t2-/m0/s1. The lowest BCUT2D eigenvalue weighted by Gasteiger charge is -1.98. The third-order valence-electron chi connectivity index (χ3n) is 0.653. The number of thiol groups is 1. The molecule has 0 unspecified atom stereocenters. The van der Waals surface area contributed by atoms with E-state index in [4.69, 9.17) is 10.2 Å². The number of carbonyl (C=O) groups is 2. The van der Waals surface area contributed by atoms with Crippen LogP contribution in [0.5, 0.6) is 0 Å². The fourth-order valence-corrected chi connectivity index (χ4v) is 0.344. The molecule has 0 aromatic heterocycles. The number of aliphatic carboxylic acids is 1. The molecule has 4 nitrogen and oxygen atoms in total. The maximum Gasteiger partial charge on any atom is 0.306 e. The first-order chi connectivity index (χ1) is 4.04. The van der Waals surface area contributed by atoms with Crippen LogP contribution in [-0.2, 0) is 9.59 Å². The van der Waals surface area contributed by atoms with E-state index in [2.05, 4.69) is 12.6 Å². The van der Waals surface area contributed by atoms with E-state index in [0.717, 1.165) is 0 Å². The number of rotatable bonds is 3. The van der Waals surface area contributed by atoms with E-state index in [0.29, 0.717) is 0 Å². The summed E-state index contributed by atoms with van der Waals surface area (Å²) < 4.78 is 0. The Balaban J connectivity index is 3.63. The second-order valence-electron chi connectivity index (χ2n) is 1.45. The Hall–Kier alpha value is -0.550. The summed E-state index contributed by atoms with van der Waals surface area (Å²) in [4.78, 5) is 19.8. The van der Waals surface area contributed by atoms with Gasteiger partial charge in [0.05, 0.1) is 6.42 Å². The molecule has 0 aliphatic heterocycles. The molecule has 0 bridgehead atoms. The number of carboxylic acids is 1. The molecule has 0 saturated carbocycles. The molecule has 5 heteroatoms. The van der Waals surface area contributed by atoms with E-state index < -0.39 is 23.6 Å². The highest BCUT2D eigenvalue weighted by Gasteiger charge is 2.13. The Morgan fingerprint density at radius 1 is 1.56 bits per heavy atom. The summed E-state index contributed by atoms with van der Waals surface area (Å²) in [5.41, 5.74) is 0. The highest BCUT2D eigenvalue weighted by atomic mass is 32.1. The van der Waals surface area contributed by atoms with E-state index in [1.54, 1.807) is 0 Å². The molecule has 0 radical (unpaired) electrons. The Kier molecular flexibility index (Phi) is 3.26. The van der Waals surface area contributed by atoms with Gasteiger partial charge < -0.3 is 10.2 Å². The quantitative estimate of drug-likeness (QED) is 0.464. The van der Waals surface area contributed by atoms with Gasteiger partial charge in [0.2, 0.25) is 5.12 Å². The number of aliphatic hydroxyl groups is 1. The average molecular weight is 150 g/mol. The number of hydrogen-bond donors (Lipinski definition) is 3. The van der Waals surface area contributed by atoms with Crippen molar-refractivity contribution in [1.29, 1.82) is 0 Å². The molecule has 0 rings (SSSR count). The molecule has 0 aliphatic carbocycles. The summed E-state index contributed by atoms with van der Waals surface area (Å²) in [7, 11) is 0. The number of carboxylic acid groups (broad SMARTS) is 1. The van der Waals surface area contributed by atoms with Crippen molar-refractivity contribution in [3.05, 3.63) is 0 Å². The van der Waals surface area contributed by atoms with Crippen LogP contribution in [0.25, 0.3) is 0 Å². The van der Waals surface area contributed by atoms with Crippen molar-refractivity contribution >= 4 is 23.7 Å². The second kappa shape index (κ2) is 3.47. The molecule has 0 saturated heterocycles. The van der Waals surface area contributed by atoms with Gasteiger partial charge in [0, 0.05) is 0 Å². The molecule has 0 heterocycles. The van der Waals surface area contributed by atoms with Crippen molar-refractivity contribution in [3.63, 3.8) is 0 Å². The maximum atomic E-state index is 10.0. The molecule has 0 fully saturated rings. The molecule has 0 spiro atoms. The normalized spacial score (nSPS) is 12.7. The van der Waals surface area contributed by atoms with Gasteiger partial charge in [-0.25, -0.2) is 0 Å². The van der Waals surface area contributed by atoms with E-state index in [1.165, 1.54) is 0 Å². The number of hydrogen-bond acceptors (Lipinski definition) is 3. The van der Waals surface area contributed by atoms with E-state index in [-0.39, 0.29) is 0 Å². The lowest BCUT2D eigenvalue weighted by molar-refractivity contribution is -0.141. The van der Waals surface area contributed by atoms with Gasteiger partial charge in [0.25, 0.3) is 0 Å². The topological polar surface area (TPSA) is 74.6 Å². The Labute approximate surface area is 56.9 Å². The van der Waals surface area contributed by atoms with Gasteiger partial charge in [0.15, 0.2) is 0 Å². The lowest BCUT2D eigenvalue weighted by Crippen LogP contribution is -2.19. The van der Waals surface area contributed by atoms with Crippen molar-refractivity contribution < 1.29 is 19.8 Å². The molecule has 0 amide bonds. The minimum Gasteiger partial charge on any atom is -0.481 e. The minimum atomic E-state index is -1.48. The van der Waals surface area contributed by atoms with Crippen molar-refractivity contribution in [3.8, 4) is 0 Å². The van der Waals surface area contributed by atoms with Crippen LogP contribution in [0.2, 0.25) is 0 Å². The predicted molar refractivity (Wildman–Crippen MR) is 32.3 cm³/mol. The molecular formula is C4H6O4S. The largest absolute Gasteiger partial charge is 0.481 e. The van der Waals surface area contributed by atoms with Crippen LogP contribution in [0.15, 0.2) is 0 Å². The van der Waals surface area contributed by atoms with Crippen molar-refractivity contribution in [2.45, 2.75) is 12.5 Å². The van der Waals surface area contributed by atoms with Gasteiger partial charge in [-0.1, -0.05) is 0 Å². The van der Waals surface area contributed by atoms with Gasteiger partial charge >= 0.3 is 5.97 Å². The average Bonchev–Trinajstić information content (AvgIpc) is 1.63. The molecular weight excluding hydrogens is 144 g/mol. The molecule has 0 aromatic carbocycles. The third-order valence-corrected chi connectivity index (χ3v) is 0.951. The zero-order valence-electron chi connectivity index (χ0n) is 4.44. The first-order valence-electron chi connectivity index (χ1n) is 2.16. The fourth-order valence-electron chi connectivity index (χ4n) is 0.253. The SMILES string of the molecule is O=C(O)C[C@H](O)C(=O)S. The Morgan fingerprint density at radius 3 is 2.11 bits per heavy atom. The van der Waals surface area contributed by atoms with E-state index in [1.807, 2.05) is 0 Å². The third kappa shape index (κ3) is 3.99. The summed E-state index contributed by atoms with van der Waals surface area (Å²) in [6.45, 7) is 0. The van der Waals surface area contributed by atoms with Gasteiger partial charge in [-0.05, 0) is 0 Å². The van der Waals surface area contributed by atoms with E-state index >= 15 is 0 Å². The summed E-state index contributed by atoms with van der Waals surface area (Å²) in [6, 6.07) is 0. The molecule has 52 valence electrons.